The largest absolute Gasteiger partial charge is 0.502 e. The number of aromatic hydroxyl groups is 1. The molecule has 1 N–H and O–H groups in total. The number of phenols is 1. The van der Waals surface area contributed by atoms with E-state index < -0.39 is 28.4 Å². The molecule has 140 valence electrons. The third-order valence-corrected chi connectivity index (χ3v) is 4.05. The Balaban J connectivity index is 1.80. The van der Waals surface area contributed by atoms with Crippen molar-refractivity contribution in [1.29, 1.82) is 0 Å². The molecule has 0 aliphatic heterocycles. The van der Waals surface area contributed by atoms with Gasteiger partial charge in [-0.15, -0.1) is 0 Å². The fourth-order valence-corrected chi connectivity index (χ4v) is 2.69. The first-order valence-electron chi connectivity index (χ1n) is 8.50. The molecule has 0 fully saturated rings. The lowest BCUT2D eigenvalue weighted by Crippen LogP contribution is -2.10. The summed E-state index contributed by atoms with van der Waals surface area (Å²) in [6, 6.07) is 22.6. The molecule has 3 aromatic rings. The Morgan fingerprint density at radius 1 is 0.964 bits per heavy atom. The van der Waals surface area contributed by atoms with Gasteiger partial charge in [-0.1, -0.05) is 66.7 Å². The summed E-state index contributed by atoms with van der Waals surface area (Å²) >= 11 is 0. The highest BCUT2D eigenvalue weighted by Gasteiger charge is 2.18. The number of hydrogen-bond donors (Lipinski definition) is 1. The van der Waals surface area contributed by atoms with E-state index in [1.54, 1.807) is 0 Å². The van der Waals surface area contributed by atoms with Crippen molar-refractivity contribution in [3.05, 3.63) is 112 Å². The van der Waals surface area contributed by atoms with E-state index in [0.717, 1.165) is 11.1 Å². The highest BCUT2D eigenvalue weighted by Crippen LogP contribution is 2.28. The van der Waals surface area contributed by atoms with Crippen molar-refractivity contribution in [2.24, 2.45) is 0 Å². The maximum atomic E-state index is 12.4. The monoisotopic (exact) mass is 375 g/mol. The minimum absolute atomic E-state index is 0.400. The first kappa shape index (κ1) is 18.8. The molecule has 0 saturated heterocycles. The molecule has 28 heavy (non-hydrogen) atoms. The van der Waals surface area contributed by atoms with Gasteiger partial charge in [0, 0.05) is 12.1 Å². The van der Waals surface area contributed by atoms with Crippen molar-refractivity contribution in [2.75, 3.05) is 0 Å². The number of nitro groups is 1. The Bertz CT molecular complexity index is 960. The first-order valence-corrected chi connectivity index (χ1v) is 8.50. The van der Waals surface area contributed by atoms with E-state index >= 15 is 0 Å². The zero-order chi connectivity index (χ0) is 19.9. The van der Waals surface area contributed by atoms with Crippen LogP contribution in [0.3, 0.4) is 0 Å². The van der Waals surface area contributed by atoms with Gasteiger partial charge in [0.25, 0.3) is 0 Å². The van der Waals surface area contributed by atoms with E-state index in [4.69, 9.17) is 4.74 Å². The molecule has 0 aromatic heterocycles. The number of carbonyl (C=O) groups excluding carboxylic acids is 1. The normalized spacial score (nSPS) is 10.9. The molecule has 3 rings (SSSR count). The molecule has 0 amide bonds. The van der Waals surface area contributed by atoms with Crippen molar-refractivity contribution in [2.45, 2.75) is 6.10 Å². The van der Waals surface area contributed by atoms with Gasteiger partial charge < -0.3 is 9.84 Å². The molecule has 0 atom stereocenters. The molecule has 6 heteroatoms. The second kappa shape index (κ2) is 8.64. The molecular weight excluding hydrogens is 358 g/mol. The molecular formula is C22H17NO5. The maximum absolute atomic E-state index is 12.4. The lowest BCUT2D eigenvalue weighted by Gasteiger charge is -2.18. The van der Waals surface area contributed by atoms with E-state index in [1.807, 2.05) is 60.7 Å². The predicted molar refractivity (Wildman–Crippen MR) is 105 cm³/mol. The van der Waals surface area contributed by atoms with Crippen molar-refractivity contribution in [1.82, 2.24) is 0 Å². The zero-order valence-corrected chi connectivity index (χ0v) is 14.8. The molecule has 0 bridgehead atoms. The summed E-state index contributed by atoms with van der Waals surface area (Å²) in [5.74, 6) is -1.02. The summed E-state index contributed by atoms with van der Waals surface area (Å²) in [6.45, 7) is 0. The first-order chi connectivity index (χ1) is 13.5. The van der Waals surface area contributed by atoms with E-state index in [0.29, 0.717) is 5.56 Å². The smallest absolute Gasteiger partial charge is 0.331 e. The van der Waals surface area contributed by atoms with E-state index in [1.165, 1.54) is 30.4 Å². The second-order valence-corrected chi connectivity index (χ2v) is 5.98. The summed E-state index contributed by atoms with van der Waals surface area (Å²) in [5.41, 5.74) is 1.63. The minimum atomic E-state index is -0.689. The van der Waals surface area contributed by atoms with Crippen molar-refractivity contribution in [3.8, 4) is 5.75 Å². The number of carbonyl (C=O) groups is 1. The van der Waals surface area contributed by atoms with Crippen LogP contribution in [0.4, 0.5) is 5.69 Å². The quantitative estimate of drug-likeness (QED) is 0.293. The summed E-state index contributed by atoms with van der Waals surface area (Å²) in [7, 11) is 0. The van der Waals surface area contributed by atoms with E-state index in [-0.39, 0.29) is 0 Å². The topological polar surface area (TPSA) is 89.7 Å². The summed E-state index contributed by atoms with van der Waals surface area (Å²) in [5, 5.41) is 20.4. The van der Waals surface area contributed by atoms with Gasteiger partial charge >= 0.3 is 11.7 Å². The summed E-state index contributed by atoms with van der Waals surface area (Å²) in [6.07, 6.45) is 2.03. The number of nitrogens with zero attached hydrogens (tertiary/aromatic N) is 1. The number of rotatable bonds is 6. The molecule has 0 unspecified atom stereocenters. The highest BCUT2D eigenvalue weighted by atomic mass is 16.6. The third kappa shape index (κ3) is 4.62. The van der Waals surface area contributed by atoms with Gasteiger partial charge in [0.1, 0.15) is 0 Å². The highest BCUT2D eigenvalue weighted by molar-refractivity contribution is 5.87. The lowest BCUT2D eigenvalue weighted by atomic mass is 10.0. The average Bonchev–Trinajstić information content (AvgIpc) is 2.72. The molecule has 0 aliphatic rings. The Hall–Kier alpha value is -3.93. The summed E-state index contributed by atoms with van der Waals surface area (Å²) in [4.78, 5) is 22.6. The van der Waals surface area contributed by atoms with Crippen LogP contribution < -0.4 is 0 Å². The Labute approximate surface area is 161 Å². The molecule has 0 aliphatic carbocycles. The number of esters is 1. The van der Waals surface area contributed by atoms with Gasteiger partial charge in [-0.05, 0) is 28.8 Å². The minimum Gasteiger partial charge on any atom is -0.502 e. The van der Waals surface area contributed by atoms with Crippen LogP contribution in [0.5, 0.6) is 5.75 Å². The average molecular weight is 375 g/mol. The fraction of sp³-hybridized carbons (Fsp3) is 0.0455. The standard InChI is InChI=1S/C22H17NO5/c24-20-13-11-16(15-19(20)23(26)27)12-14-21(25)28-22(17-7-3-1-4-8-17)18-9-5-2-6-10-18/h1-15,22,24H. The molecule has 0 spiro atoms. The van der Waals surface area contributed by atoms with Gasteiger partial charge in [-0.3, -0.25) is 10.1 Å². The Morgan fingerprint density at radius 2 is 1.54 bits per heavy atom. The number of benzene rings is 3. The lowest BCUT2D eigenvalue weighted by molar-refractivity contribution is -0.385. The Kier molecular flexibility index (Phi) is 5.81. The van der Waals surface area contributed by atoms with Crippen LogP contribution in [0.15, 0.2) is 84.9 Å². The second-order valence-electron chi connectivity index (χ2n) is 5.98. The maximum Gasteiger partial charge on any atom is 0.331 e. The van der Waals surface area contributed by atoms with Crippen LogP contribution in [0, 0.1) is 10.1 Å². The van der Waals surface area contributed by atoms with E-state index in [2.05, 4.69) is 0 Å². The van der Waals surface area contributed by atoms with Gasteiger partial charge in [0.05, 0.1) is 4.92 Å². The van der Waals surface area contributed by atoms with Crippen molar-refractivity contribution < 1.29 is 19.6 Å². The van der Waals surface area contributed by atoms with Crippen LogP contribution in [0.2, 0.25) is 0 Å². The molecule has 6 nitrogen and oxygen atoms in total. The molecule has 0 heterocycles. The molecule has 3 aromatic carbocycles. The van der Waals surface area contributed by atoms with Crippen LogP contribution >= 0.6 is 0 Å². The van der Waals surface area contributed by atoms with Crippen LogP contribution in [-0.4, -0.2) is 16.0 Å². The van der Waals surface area contributed by atoms with E-state index in [9.17, 15) is 20.0 Å². The van der Waals surface area contributed by atoms with Crippen molar-refractivity contribution >= 4 is 17.7 Å². The number of nitro benzene ring substituents is 1. The third-order valence-electron chi connectivity index (χ3n) is 4.05. The van der Waals surface area contributed by atoms with Gasteiger partial charge in [0.2, 0.25) is 0 Å². The number of hydrogen-bond acceptors (Lipinski definition) is 5. The van der Waals surface area contributed by atoms with Gasteiger partial charge in [-0.2, -0.15) is 0 Å². The van der Waals surface area contributed by atoms with Crippen LogP contribution in [0.25, 0.3) is 6.08 Å². The zero-order valence-electron chi connectivity index (χ0n) is 14.8. The number of ether oxygens (including phenoxy) is 1. The van der Waals surface area contributed by atoms with Gasteiger partial charge in [-0.25, -0.2) is 4.79 Å². The van der Waals surface area contributed by atoms with Gasteiger partial charge in [0.15, 0.2) is 11.9 Å². The number of phenolic OH excluding ortho intramolecular Hbond substituents is 1. The van der Waals surface area contributed by atoms with Crippen LogP contribution in [-0.2, 0) is 9.53 Å². The summed E-state index contributed by atoms with van der Waals surface area (Å²) < 4.78 is 5.64. The predicted octanol–water partition coefficient (Wildman–Crippen LogP) is 4.65. The Morgan fingerprint density at radius 3 is 2.07 bits per heavy atom. The fourth-order valence-electron chi connectivity index (χ4n) is 2.69. The molecule has 0 saturated carbocycles. The molecule has 0 radical (unpaired) electrons. The van der Waals surface area contributed by atoms with Crippen LogP contribution in [0.1, 0.15) is 22.8 Å². The van der Waals surface area contributed by atoms with Crippen molar-refractivity contribution in [3.63, 3.8) is 0 Å². The SMILES string of the molecule is O=C(C=Cc1ccc(O)c([N+](=O)[O-])c1)OC(c1ccccc1)c1ccccc1.